The molecule has 1 aliphatic rings. The molecule has 0 atom stereocenters. The maximum atomic E-state index is 13.1. The minimum atomic E-state index is -3.84. The molecule has 0 radical (unpaired) electrons. The van der Waals surface area contributed by atoms with E-state index in [0.717, 1.165) is 5.76 Å². The number of ether oxygens (including phenoxy) is 2. The monoisotopic (exact) mass is 470 g/mol. The lowest BCUT2D eigenvalue weighted by Crippen LogP contribution is -2.36. The molecule has 0 bridgehead atoms. The predicted molar refractivity (Wildman–Crippen MR) is 123 cm³/mol. The Morgan fingerprint density at radius 1 is 1.00 bits per heavy atom. The minimum Gasteiger partial charge on any atom is -0.486 e. The van der Waals surface area contributed by atoms with Crippen LogP contribution >= 0.6 is 0 Å². The van der Waals surface area contributed by atoms with Crippen LogP contribution in [-0.4, -0.2) is 38.5 Å². The highest BCUT2D eigenvalue weighted by Gasteiger charge is 2.22. The van der Waals surface area contributed by atoms with E-state index >= 15 is 0 Å². The van der Waals surface area contributed by atoms with Gasteiger partial charge in [0.05, 0.1) is 11.4 Å². The lowest BCUT2D eigenvalue weighted by molar-refractivity contribution is 0.0675. The maximum Gasteiger partial charge on any atom is 0.262 e. The van der Waals surface area contributed by atoms with Crippen LogP contribution in [-0.2, 0) is 16.6 Å². The first kappa shape index (κ1) is 22.7. The van der Waals surface area contributed by atoms with Crippen molar-refractivity contribution in [3.05, 3.63) is 71.7 Å². The average Bonchev–Trinajstić information content (AvgIpc) is 3.21. The van der Waals surface area contributed by atoms with Crippen molar-refractivity contribution in [3.63, 3.8) is 0 Å². The van der Waals surface area contributed by atoms with Gasteiger partial charge in [-0.05, 0) is 69.3 Å². The molecule has 0 saturated heterocycles. The number of sulfonamides is 1. The zero-order valence-corrected chi connectivity index (χ0v) is 19.5. The summed E-state index contributed by atoms with van der Waals surface area (Å²) < 4.78 is 44.7. The van der Waals surface area contributed by atoms with E-state index in [1.54, 1.807) is 35.2 Å². The van der Waals surface area contributed by atoms with E-state index < -0.39 is 10.0 Å². The van der Waals surface area contributed by atoms with Crippen LogP contribution < -0.4 is 14.2 Å². The number of amides is 1. The highest BCUT2D eigenvalue weighted by molar-refractivity contribution is 7.92. The van der Waals surface area contributed by atoms with Crippen molar-refractivity contribution in [2.45, 2.75) is 38.3 Å². The number of hydrogen-bond acceptors (Lipinski definition) is 6. The Labute approximate surface area is 193 Å². The molecule has 0 saturated carbocycles. The average molecular weight is 471 g/mol. The molecule has 0 spiro atoms. The van der Waals surface area contributed by atoms with E-state index in [-0.39, 0.29) is 16.8 Å². The Hall–Kier alpha value is -3.46. The van der Waals surface area contributed by atoms with Gasteiger partial charge in [0.1, 0.15) is 24.7 Å². The number of carbonyl (C=O) groups is 1. The number of carbonyl (C=O) groups excluding carboxylic acids is 1. The summed E-state index contributed by atoms with van der Waals surface area (Å²) in [5.74, 6) is 2.24. The summed E-state index contributed by atoms with van der Waals surface area (Å²) >= 11 is 0. The lowest BCUT2D eigenvalue weighted by atomic mass is 10.1. The summed E-state index contributed by atoms with van der Waals surface area (Å²) in [6.07, 6.45) is 0. The summed E-state index contributed by atoms with van der Waals surface area (Å²) in [6, 6.07) is 14.5. The van der Waals surface area contributed by atoms with Crippen LogP contribution in [0.1, 0.15) is 35.7 Å². The van der Waals surface area contributed by atoms with Crippen LogP contribution in [0.15, 0.2) is 63.9 Å². The van der Waals surface area contributed by atoms with E-state index in [2.05, 4.69) is 4.72 Å². The van der Waals surface area contributed by atoms with Crippen molar-refractivity contribution in [1.29, 1.82) is 0 Å². The number of benzene rings is 2. The first-order chi connectivity index (χ1) is 15.7. The molecule has 0 unspecified atom stereocenters. The Kier molecular flexibility index (Phi) is 6.33. The summed E-state index contributed by atoms with van der Waals surface area (Å²) in [5, 5.41) is 0. The van der Waals surface area contributed by atoms with Gasteiger partial charge in [-0.1, -0.05) is 0 Å². The van der Waals surface area contributed by atoms with Gasteiger partial charge < -0.3 is 18.8 Å². The fourth-order valence-corrected chi connectivity index (χ4v) is 4.55. The van der Waals surface area contributed by atoms with Gasteiger partial charge in [-0.25, -0.2) is 8.42 Å². The second-order valence-corrected chi connectivity index (χ2v) is 9.71. The highest BCUT2D eigenvalue weighted by Crippen LogP contribution is 2.32. The van der Waals surface area contributed by atoms with Gasteiger partial charge in [0, 0.05) is 23.4 Å². The predicted octanol–water partition coefficient (Wildman–Crippen LogP) is 4.21. The normalized spacial score (nSPS) is 13.1. The standard InChI is InChI=1S/C24H26N2O6S/c1-16(2)26(15-20-9-4-17(3)32-20)24(27)18-5-7-19(8-6-18)25-33(28,29)21-10-11-22-23(14-21)31-13-12-30-22/h4-11,14,16,25H,12-13,15H2,1-3H3. The molecule has 3 aromatic rings. The number of nitrogens with one attached hydrogen (secondary N) is 1. The molecule has 174 valence electrons. The van der Waals surface area contributed by atoms with Crippen LogP contribution in [0.2, 0.25) is 0 Å². The first-order valence-electron chi connectivity index (χ1n) is 10.6. The van der Waals surface area contributed by atoms with E-state index in [1.807, 2.05) is 32.9 Å². The van der Waals surface area contributed by atoms with Gasteiger partial charge >= 0.3 is 0 Å². The van der Waals surface area contributed by atoms with E-state index in [0.29, 0.717) is 48.3 Å². The number of aryl methyl sites for hydroxylation is 1. The molecule has 8 nitrogen and oxygen atoms in total. The Morgan fingerprint density at radius 3 is 2.33 bits per heavy atom. The summed E-state index contributed by atoms with van der Waals surface area (Å²) in [4.78, 5) is 14.8. The Balaban J connectivity index is 1.48. The van der Waals surface area contributed by atoms with Crippen LogP contribution in [0, 0.1) is 6.92 Å². The van der Waals surface area contributed by atoms with Crippen molar-refractivity contribution >= 4 is 21.6 Å². The van der Waals surface area contributed by atoms with Crippen molar-refractivity contribution in [2.24, 2.45) is 0 Å². The number of fused-ring (bicyclic) bond motifs is 1. The second-order valence-electron chi connectivity index (χ2n) is 8.03. The molecule has 2 heterocycles. The van der Waals surface area contributed by atoms with Crippen molar-refractivity contribution < 1.29 is 27.1 Å². The molecule has 9 heteroatoms. The summed E-state index contributed by atoms with van der Waals surface area (Å²) in [5.41, 5.74) is 0.799. The molecule has 0 aliphatic carbocycles. The molecule has 33 heavy (non-hydrogen) atoms. The topological polar surface area (TPSA) is 98.1 Å². The third-order valence-electron chi connectivity index (χ3n) is 5.21. The van der Waals surface area contributed by atoms with Crippen LogP contribution in [0.25, 0.3) is 0 Å². The van der Waals surface area contributed by atoms with Gasteiger partial charge in [0.15, 0.2) is 11.5 Å². The highest BCUT2D eigenvalue weighted by atomic mass is 32.2. The fraction of sp³-hybridized carbons (Fsp3) is 0.292. The van der Waals surface area contributed by atoms with Crippen LogP contribution in [0.5, 0.6) is 11.5 Å². The second kappa shape index (κ2) is 9.19. The van der Waals surface area contributed by atoms with Crippen LogP contribution in [0.3, 0.4) is 0 Å². The van der Waals surface area contributed by atoms with Gasteiger partial charge in [-0.3, -0.25) is 9.52 Å². The summed E-state index contributed by atoms with van der Waals surface area (Å²) in [7, 11) is -3.84. The largest absolute Gasteiger partial charge is 0.486 e. The van der Waals surface area contributed by atoms with E-state index in [4.69, 9.17) is 13.9 Å². The van der Waals surface area contributed by atoms with Gasteiger partial charge in [-0.2, -0.15) is 0 Å². The van der Waals surface area contributed by atoms with Crippen molar-refractivity contribution in [2.75, 3.05) is 17.9 Å². The molecule has 1 N–H and O–H groups in total. The number of rotatable bonds is 7. The van der Waals surface area contributed by atoms with E-state index in [1.165, 1.54) is 12.1 Å². The van der Waals surface area contributed by atoms with Gasteiger partial charge in [-0.15, -0.1) is 0 Å². The Bertz CT molecular complexity index is 1250. The smallest absolute Gasteiger partial charge is 0.262 e. The molecular weight excluding hydrogens is 444 g/mol. The first-order valence-corrected chi connectivity index (χ1v) is 12.1. The van der Waals surface area contributed by atoms with E-state index in [9.17, 15) is 13.2 Å². The molecule has 1 aliphatic heterocycles. The zero-order valence-electron chi connectivity index (χ0n) is 18.7. The number of hydrogen-bond donors (Lipinski definition) is 1. The molecule has 1 aromatic heterocycles. The fourth-order valence-electron chi connectivity index (χ4n) is 3.48. The number of nitrogens with zero attached hydrogens (tertiary/aromatic N) is 1. The summed E-state index contributed by atoms with van der Waals surface area (Å²) in [6.45, 7) is 6.87. The Morgan fingerprint density at radius 2 is 1.70 bits per heavy atom. The number of furan rings is 1. The third kappa shape index (κ3) is 5.14. The lowest BCUT2D eigenvalue weighted by Gasteiger charge is -2.26. The molecule has 4 rings (SSSR count). The zero-order chi connectivity index (χ0) is 23.6. The number of anilines is 1. The maximum absolute atomic E-state index is 13.1. The minimum absolute atomic E-state index is 0.0451. The quantitative estimate of drug-likeness (QED) is 0.556. The molecule has 2 aromatic carbocycles. The molecular formula is C24H26N2O6S. The van der Waals surface area contributed by atoms with Gasteiger partial charge in [0.2, 0.25) is 0 Å². The SMILES string of the molecule is Cc1ccc(CN(C(=O)c2ccc(NS(=O)(=O)c3ccc4c(c3)OCCO4)cc2)C(C)C)o1. The van der Waals surface area contributed by atoms with Crippen LogP contribution in [0.4, 0.5) is 5.69 Å². The van der Waals surface area contributed by atoms with Gasteiger partial charge in [0.25, 0.3) is 15.9 Å². The van der Waals surface area contributed by atoms with Crippen molar-refractivity contribution in [3.8, 4) is 11.5 Å². The van der Waals surface area contributed by atoms with Crippen molar-refractivity contribution in [1.82, 2.24) is 4.90 Å². The molecule has 0 fully saturated rings. The molecule has 1 amide bonds. The third-order valence-corrected chi connectivity index (χ3v) is 6.59.